The first-order valence-electron chi connectivity index (χ1n) is 11.5. The van der Waals surface area contributed by atoms with E-state index in [2.05, 4.69) is 31.4 Å². The molecule has 3 heteroatoms. The summed E-state index contributed by atoms with van der Waals surface area (Å²) >= 11 is 1.69. The monoisotopic (exact) mass is 410 g/mol. The SMILES string of the molecule is C[C@]12CC[C@H]3[C@@H](CC=C4C[C@@H](O)CC[C@@]43C)[C@@H]1CC[C@@H]2C(=O)/C=C/c1cccs1. The molecule has 3 fully saturated rings. The maximum absolute atomic E-state index is 13.2. The van der Waals surface area contributed by atoms with E-state index in [0.717, 1.165) is 43.9 Å². The van der Waals surface area contributed by atoms with Crippen LogP contribution in [0.3, 0.4) is 0 Å². The van der Waals surface area contributed by atoms with E-state index in [-0.39, 0.29) is 22.9 Å². The molecule has 7 atom stereocenters. The zero-order valence-corrected chi connectivity index (χ0v) is 18.6. The molecular formula is C26H34O2S. The molecule has 4 aliphatic rings. The lowest BCUT2D eigenvalue weighted by atomic mass is 9.47. The molecule has 0 saturated heterocycles. The summed E-state index contributed by atoms with van der Waals surface area (Å²) in [4.78, 5) is 14.3. The lowest BCUT2D eigenvalue weighted by molar-refractivity contribution is -0.124. The van der Waals surface area contributed by atoms with Crippen molar-refractivity contribution in [1.82, 2.24) is 0 Å². The minimum atomic E-state index is -0.136. The molecule has 4 aliphatic carbocycles. The Morgan fingerprint density at radius 2 is 2.03 bits per heavy atom. The highest BCUT2D eigenvalue weighted by Crippen LogP contribution is 2.66. The normalized spacial score (nSPS) is 44.1. The van der Waals surface area contributed by atoms with Crippen molar-refractivity contribution in [2.24, 2.45) is 34.5 Å². The van der Waals surface area contributed by atoms with Crippen molar-refractivity contribution in [3.63, 3.8) is 0 Å². The Morgan fingerprint density at radius 1 is 1.17 bits per heavy atom. The quantitative estimate of drug-likeness (QED) is 0.471. The molecule has 0 bridgehead atoms. The number of rotatable bonds is 3. The topological polar surface area (TPSA) is 37.3 Å². The third kappa shape index (κ3) is 3.11. The lowest BCUT2D eigenvalue weighted by Gasteiger charge is -2.57. The molecule has 0 radical (unpaired) electrons. The number of hydrogen-bond acceptors (Lipinski definition) is 3. The summed E-state index contributed by atoms with van der Waals surface area (Å²) in [6.07, 6.45) is 15.1. The van der Waals surface area contributed by atoms with E-state index in [1.54, 1.807) is 11.3 Å². The van der Waals surface area contributed by atoms with Crippen molar-refractivity contribution in [3.8, 4) is 0 Å². The van der Waals surface area contributed by atoms with Gasteiger partial charge >= 0.3 is 0 Å². The van der Waals surface area contributed by atoms with Gasteiger partial charge in [0.25, 0.3) is 0 Å². The molecule has 1 aromatic rings. The number of hydrogen-bond donors (Lipinski definition) is 1. The zero-order valence-electron chi connectivity index (χ0n) is 17.8. The van der Waals surface area contributed by atoms with Gasteiger partial charge in [-0.2, -0.15) is 0 Å². The molecule has 0 amide bonds. The van der Waals surface area contributed by atoms with E-state index in [0.29, 0.717) is 11.7 Å². The molecule has 5 rings (SSSR count). The Bertz CT molecular complexity index is 837. The third-order valence-corrected chi connectivity index (χ3v) is 10.2. The summed E-state index contributed by atoms with van der Waals surface area (Å²) in [6.45, 7) is 4.90. The van der Waals surface area contributed by atoms with Crippen LogP contribution in [0.4, 0.5) is 0 Å². The van der Waals surface area contributed by atoms with Crippen LogP contribution < -0.4 is 0 Å². The van der Waals surface area contributed by atoms with Crippen molar-refractivity contribution in [2.75, 3.05) is 0 Å². The third-order valence-electron chi connectivity index (χ3n) is 9.38. The first-order chi connectivity index (χ1) is 13.9. The number of aliphatic hydroxyl groups is 1. The van der Waals surface area contributed by atoms with E-state index >= 15 is 0 Å². The summed E-state index contributed by atoms with van der Waals surface area (Å²) < 4.78 is 0. The summed E-state index contributed by atoms with van der Waals surface area (Å²) in [5, 5.41) is 12.2. The largest absolute Gasteiger partial charge is 0.393 e. The van der Waals surface area contributed by atoms with Gasteiger partial charge in [-0.25, -0.2) is 0 Å². The van der Waals surface area contributed by atoms with Crippen molar-refractivity contribution in [2.45, 2.75) is 71.3 Å². The van der Waals surface area contributed by atoms with Crippen molar-refractivity contribution >= 4 is 23.2 Å². The van der Waals surface area contributed by atoms with Crippen LogP contribution >= 0.6 is 11.3 Å². The number of aliphatic hydroxyl groups excluding tert-OH is 1. The van der Waals surface area contributed by atoms with Crippen LogP contribution in [0.5, 0.6) is 0 Å². The molecule has 0 aliphatic heterocycles. The first kappa shape index (κ1) is 19.8. The number of carbonyl (C=O) groups excluding carboxylic acids is 1. The van der Waals surface area contributed by atoms with Crippen LogP contribution in [-0.2, 0) is 4.79 Å². The molecule has 1 aromatic heterocycles. The van der Waals surface area contributed by atoms with Crippen LogP contribution in [-0.4, -0.2) is 17.0 Å². The Labute approximate surface area is 179 Å². The van der Waals surface area contributed by atoms with Gasteiger partial charge in [0, 0.05) is 10.8 Å². The van der Waals surface area contributed by atoms with E-state index in [4.69, 9.17) is 0 Å². The Morgan fingerprint density at radius 3 is 2.83 bits per heavy atom. The average molecular weight is 411 g/mol. The van der Waals surface area contributed by atoms with Crippen LogP contribution in [0, 0.1) is 34.5 Å². The van der Waals surface area contributed by atoms with E-state index in [1.165, 1.54) is 29.7 Å². The van der Waals surface area contributed by atoms with Gasteiger partial charge in [-0.3, -0.25) is 4.79 Å². The maximum Gasteiger partial charge on any atom is 0.159 e. The van der Waals surface area contributed by atoms with Gasteiger partial charge in [0.1, 0.15) is 0 Å². The molecule has 1 N–H and O–H groups in total. The molecule has 3 saturated carbocycles. The van der Waals surface area contributed by atoms with Gasteiger partial charge in [-0.05, 0) is 104 Å². The van der Waals surface area contributed by atoms with Crippen molar-refractivity contribution in [3.05, 3.63) is 40.1 Å². The Hall–Kier alpha value is -1.19. The summed E-state index contributed by atoms with van der Waals surface area (Å²) in [5.74, 6) is 2.67. The second-order valence-electron chi connectivity index (χ2n) is 10.6. The van der Waals surface area contributed by atoms with Crippen LogP contribution in [0.2, 0.25) is 0 Å². The number of thiophene rings is 1. The average Bonchev–Trinajstić information content (AvgIpc) is 3.34. The Kier molecular flexibility index (Phi) is 4.90. The lowest BCUT2D eigenvalue weighted by Crippen LogP contribution is -2.50. The van der Waals surface area contributed by atoms with Gasteiger partial charge < -0.3 is 5.11 Å². The summed E-state index contributed by atoms with van der Waals surface area (Å²) in [5.41, 5.74) is 1.98. The van der Waals surface area contributed by atoms with E-state index in [1.807, 2.05) is 18.2 Å². The summed E-state index contributed by atoms with van der Waals surface area (Å²) in [6, 6.07) is 4.12. The van der Waals surface area contributed by atoms with Gasteiger partial charge in [0.15, 0.2) is 5.78 Å². The highest BCUT2D eigenvalue weighted by Gasteiger charge is 2.59. The molecule has 0 aromatic carbocycles. The second-order valence-corrected chi connectivity index (χ2v) is 11.6. The Balaban J connectivity index is 1.37. The minimum Gasteiger partial charge on any atom is -0.393 e. The molecule has 0 spiro atoms. The van der Waals surface area contributed by atoms with Gasteiger partial charge in [0.2, 0.25) is 0 Å². The van der Waals surface area contributed by atoms with Crippen LogP contribution in [0.15, 0.2) is 35.2 Å². The fourth-order valence-corrected chi connectivity index (χ4v) is 8.39. The van der Waals surface area contributed by atoms with Gasteiger partial charge in [0.05, 0.1) is 6.10 Å². The predicted octanol–water partition coefficient (Wildman–Crippen LogP) is 6.27. The number of carbonyl (C=O) groups is 1. The van der Waals surface area contributed by atoms with Crippen LogP contribution in [0.25, 0.3) is 6.08 Å². The predicted molar refractivity (Wildman–Crippen MR) is 120 cm³/mol. The van der Waals surface area contributed by atoms with Gasteiger partial charge in [-0.15, -0.1) is 11.3 Å². The van der Waals surface area contributed by atoms with E-state index < -0.39 is 0 Å². The smallest absolute Gasteiger partial charge is 0.159 e. The standard InChI is InChI=1S/C26H34O2S/c1-25-13-11-18(27)16-17(25)5-7-20-21-8-9-23(26(21,2)14-12-22(20)25)24(28)10-6-19-4-3-15-29-19/h3-6,10,15,18,20-23,27H,7-9,11-14,16H2,1-2H3/b10-6+/t18-,20-,21-,22-,23+,25-,26-/m0/s1. The zero-order chi connectivity index (χ0) is 20.2. The van der Waals surface area contributed by atoms with Gasteiger partial charge in [-0.1, -0.05) is 31.6 Å². The second kappa shape index (κ2) is 7.20. The number of fused-ring (bicyclic) bond motifs is 5. The molecule has 0 unspecified atom stereocenters. The fraction of sp³-hybridized carbons (Fsp3) is 0.654. The molecule has 1 heterocycles. The highest BCUT2D eigenvalue weighted by molar-refractivity contribution is 7.10. The fourth-order valence-electron chi connectivity index (χ4n) is 7.78. The highest BCUT2D eigenvalue weighted by atomic mass is 32.1. The maximum atomic E-state index is 13.2. The molecule has 29 heavy (non-hydrogen) atoms. The molecule has 2 nitrogen and oxygen atoms in total. The molecular weight excluding hydrogens is 376 g/mol. The minimum absolute atomic E-state index is 0.136. The number of allylic oxidation sites excluding steroid dienone is 2. The number of ketones is 1. The summed E-state index contributed by atoms with van der Waals surface area (Å²) in [7, 11) is 0. The molecule has 156 valence electrons. The van der Waals surface area contributed by atoms with Crippen molar-refractivity contribution < 1.29 is 9.90 Å². The first-order valence-corrected chi connectivity index (χ1v) is 12.4. The van der Waals surface area contributed by atoms with E-state index in [9.17, 15) is 9.90 Å². The van der Waals surface area contributed by atoms with Crippen molar-refractivity contribution in [1.29, 1.82) is 0 Å². The van der Waals surface area contributed by atoms with Crippen LogP contribution in [0.1, 0.15) is 70.1 Å².